The van der Waals surface area contributed by atoms with E-state index in [4.69, 9.17) is 0 Å². The van der Waals surface area contributed by atoms with Crippen LogP contribution in [0.15, 0.2) is 29.1 Å². The number of carbonyl (C=O) groups excluding carboxylic acids is 1. The van der Waals surface area contributed by atoms with E-state index in [1.165, 1.54) is 0 Å². The van der Waals surface area contributed by atoms with Gasteiger partial charge in [-0.05, 0) is 25.0 Å². The summed E-state index contributed by atoms with van der Waals surface area (Å²) in [6, 6.07) is 9.08. The average molecular weight is 311 g/mol. The predicted octanol–water partition coefficient (Wildman–Crippen LogP) is 1.13. The second kappa shape index (κ2) is 6.16. The molecule has 2 aromatic rings. The second-order valence-corrected chi connectivity index (χ2v) is 5.87. The van der Waals surface area contributed by atoms with Gasteiger partial charge in [0.15, 0.2) is 0 Å². The third-order valence-corrected chi connectivity index (χ3v) is 4.22. The predicted molar refractivity (Wildman–Crippen MR) is 83.4 cm³/mol. The molecule has 1 fully saturated rings. The van der Waals surface area contributed by atoms with Gasteiger partial charge >= 0.3 is 0 Å². The third-order valence-electron chi connectivity index (χ3n) is 4.22. The molecule has 0 bridgehead atoms. The van der Waals surface area contributed by atoms with Gasteiger partial charge in [-0.3, -0.25) is 9.59 Å². The summed E-state index contributed by atoms with van der Waals surface area (Å²) in [4.78, 5) is 24.6. The summed E-state index contributed by atoms with van der Waals surface area (Å²) in [5.41, 5.74) is -0.682. The molecule has 0 unspecified atom stereocenters. The van der Waals surface area contributed by atoms with E-state index in [-0.39, 0.29) is 18.0 Å². The van der Waals surface area contributed by atoms with Gasteiger partial charge in [0.2, 0.25) is 5.91 Å². The van der Waals surface area contributed by atoms with Crippen molar-refractivity contribution in [2.24, 2.45) is 0 Å². The number of amides is 1. The Bertz CT molecular complexity index is 830. The third kappa shape index (κ3) is 3.06. The van der Waals surface area contributed by atoms with Crippen molar-refractivity contribution in [2.45, 2.75) is 44.2 Å². The van der Waals surface area contributed by atoms with Gasteiger partial charge < -0.3 is 5.32 Å². The molecule has 1 aromatic carbocycles. The Kier molecular flexibility index (Phi) is 4.06. The van der Waals surface area contributed by atoms with Crippen LogP contribution in [-0.4, -0.2) is 26.4 Å². The second-order valence-electron chi connectivity index (χ2n) is 5.87. The van der Waals surface area contributed by atoms with E-state index in [1.54, 1.807) is 24.3 Å². The lowest BCUT2D eigenvalue weighted by Crippen LogP contribution is -2.50. The SMILES string of the molecule is N#CC1(NC(=O)Cn2nnc3ccccc3c2=O)CCCCC1. The van der Waals surface area contributed by atoms with Gasteiger partial charge in [0.05, 0.1) is 11.5 Å². The molecule has 7 nitrogen and oxygen atoms in total. The number of benzene rings is 1. The minimum atomic E-state index is -0.816. The summed E-state index contributed by atoms with van der Waals surface area (Å²) in [6.07, 6.45) is 4.21. The summed E-state index contributed by atoms with van der Waals surface area (Å²) in [5.74, 6) is -0.389. The highest BCUT2D eigenvalue weighted by molar-refractivity contribution is 5.79. The number of aromatic nitrogens is 3. The van der Waals surface area contributed by atoms with E-state index in [2.05, 4.69) is 21.7 Å². The molecular weight excluding hydrogens is 294 g/mol. The van der Waals surface area contributed by atoms with Gasteiger partial charge in [0.1, 0.15) is 17.6 Å². The molecule has 1 amide bonds. The summed E-state index contributed by atoms with van der Waals surface area (Å²) in [5, 5.41) is 20.3. The number of carbonyl (C=O) groups is 1. The first-order chi connectivity index (χ1) is 11.1. The van der Waals surface area contributed by atoms with Gasteiger partial charge in [-0.1, -0.05) is 36.6 Å². The van der Waals surface area contributed by atoms with E-state index in [0.717, 1.165) is 23.9 Å². The zero-order valence-corrected chi connectivity index (χ0v) is 12.7. The molecule has 3 rings (SSSR count). The van der Waals surface area contributed by atoms with Crippen molar-refractivity contribution in [3.8, 4) is 6.07 Å². The highest BCUT2D eigenvalue weighted by Gasteiger charge is 2.33. The van der Waals surface area contributed by atoms with Gasteiger partial charge in [-0.2, -0.15) is 5.26 Å². The van der Waals surface area contributed by atoms with Crippen LogP contribution < -0.4 is 10.9 Å². The fourth-order valence-corrected chi connectivity index (χ4v) is 2.99. The normalized spacial score (nSPS) is 16.7. The van der Waals surface area contributed by atoms with E-state index in [1.807, 2.05) is 0 Å². The van der Waals surface area contributed by atoms with Gasteiger partial charge in [-0.15, -0.1) is 5.10 Å². The first kappa shape index (κ1) is 15.2. The smallest absolute Gasteiger partial charge is 0.278 e. The first-order valence-corrected chi connectivity index (χ1v) is 7.68. The van der Waals surface area contributed by atoms with E-state index in [0.29, 0.717) is 23.7 Å². The Morgan fingerprint density at radius 2 is 2.04 bits per heavy atom. The van der Waals surface area contributed by atoms with Gasteiger partial charge in [0.25, 0.3) is 5.56 Å². The summed E-state index contributed by atoms with van der Waals surface area (Å²) in [7, 11) is 0. The molecule has 118 valence electrons. The average Bonchev–Trinajstić information content (AvgIpc) is 2.58. The van der Waals surface area contributed by atoms with Gasteiger partial charge in [0, 0.05) is 0 Å². The zero-order valence-electron chi connectivity index (χ0n) is 12.7. The molecule has 1 aromatic heterocycles. The van der Waals surface area contributed by atoms with Crippen LogP contribution in [0.5, 0.6) is 0 Å². The summed E-state index contributed by atoms with van der Waals surface area (Å²) >= 11 is 0. The minimum absolute atomic E-state index is 0.236. The molecule has 1 N–H and O–H groups in total. The number of nitrogens with zero attached hydrogens (tertiary/aromatic N) is 4. The molecule has 0 aliphatic heterocycles. The Morgan fingerprint density at radius 3 is 2.78 bits per heavy atom. The Labute approximate surface area is 132 Å². The van der Waals surface area contributed by atoms with Crippen LogP contribution in [0.1, 0.15) is 32.1 Å². The standard InChI is InChI=1S/C16H17N5O2/c17-11-16(8-4-1-5-9-16)18-14(22)10-21-15(23)12-6-2-3-7-13(12)19-20-21/h2-3,6-7H,1,4-5,8-10H2,(H,18,22). The Balaban J connectivity index is 1.79. The van der Waals surface area contributed by atoms with Crippen molar-refractivity contribution in [1.82, 2.24) is 20.3 Å². The molecule has 1 heterocycles. The summed E-state index contributed by atoms with van der Waals surface area (Å²) in [6.45, 7) is -0.236. The van der Waals surface area contributed by atoms with E-state index >= 15 is 0 Å². The highest BCUT2D eigenvalue weighted by Crippen LogP contribution is 2.27. The number of hydrogen-bond donors (Lipinski definition) is 1. The Morgan fingerprint density at radius 1 is 1.30 bits per heavy atom. The molecule has 0 saturated heterocycles. The van der Waals surface area contributed by atoms with Crippen LogP contribution in [0.4, 0.5) is 0 Å². The quantitative estimate of drug-likeness (QED) is 0.916. The lowest BCUT2D eigenvalue weighted by molar-refractivity contribution is -0.123. The van der Waals surface area contributed by atoms with Crippen molar-refractivity contribution in [1.29, 1.82) is 5.26 Å². The van der Waals surface area contributed by atoms with Crippen molar-refractivity contribution < 1.29 is 4.79 Å². The molecule has 1 aliphatic carbocycles. The monoisotopic (exact) mass is 311 g/mol. The van der Waals surface area contributed by atoms with Crippen LogP contribution in [0.25, 0.3) is 10.9 Å². The first-order valence-electron chi connectivity index (χ1n) is 7.68. The van der Waals surface area contributed by atoms with Crippen molar-refractivity contribution in [2.75, 3.05) is 0 Å². The number of hydrogen-bond acceptors (Lipinski definition) is 5. The number of rotatable bonds is 3. The Hall–Kier alpha value is -2.75. The van der Waals surface area contributed by atoms with Crippen molar-refractivity contribution in [3.05, 3.63) is 34.6 Å². The molecule has 1 aliphatic rings. The largest absolute Gasteiger partial charge is 0.336 e. The molecule has 7 heteroatoms. The lowest BCUT2D eigenvalue weighted by atomic mass is 9.83. The molecule has 1 saturated carbocycles. The van der Waals surface area contributed by atoms with E-state index < -0.39 is 5.54 Å². The maximum Gasteiger partial charge on any atom is 0.278 e. The zero-order chi connectivity index (χ0) is 16.3. The minimum Gasteiger partial charge on any atom is -0.336 e. The van der Waals surface area contributed by atoms with Crippen LogP contribution in [-0.2, 0) is 11.3 Å². The van der Waals surface area contributed by atoms with E-state index in [9.17, 15) is 14.9 Å². The lowest BCUT2D eigenvalue weighted by Gasteiger charge is -2.31. The number of nitriles is 1. The molecular formula is C16H17N5O2. The van der Waals surface area contributed by atoms with Gasteiger partial charge in [-0.25, -0.2) is 4.68 Å². The van der Waals surface area contributed by atoms with Crippen LogP contribution in [0.3, 0.4) is 0 Å². The molecule has 0 spiro atoms. The van der Waals surface area contributed by atoms with Crippen LogP contribution in [0.2, 0.25) is 0 Å². The topological polar surface area (TPSA) is 101 Å². The molecule has 0 atom stereocenters. The molecule has 0 radical (unpaired) electrons. The fraction of sp³-hybridized carbons (Fsp3) is 0.438. The van der Waals surface area contributed by atoms with Crippen LogP contribution in [0, 0.1) is 11.3 Å². The molecule has 23 heavy (non-hydrogen) atoms. The summed E-state index contributed by atoms with van der Waals surface area (Å²) < 4.78 is 1.03. The van der Waals surface area contributed by atoms with Crippen molar-refractivity contribution >= 4 is 16.8 Å². The maximum atomic E-state index is 12.3. The highest BCUT2D eigenvalue weighted by atomic mass is 16.2. The van der Waals surface area contributed by atoms with Crippen molar-refractivity contribution in [3.63, 3.8) is 0 Å². The maximum absolute atomic E-state index is 12.3. The van der Waals surface area contributed by atoms with Crippen LogP contribution >= 0.6 is 0 Å². The fourth-order valence-electron chi connectivity index (χ4n) is 2.99. The number of nitrogens with one attached hydrogen (secondary N) is 1. The number of fused-ring (bicyclic) bond motifs is 1.